The Morgan fingerprint density at radius 1 is 1.06 bits per heavy atom. The zero-order valence-corrected chi connectivity index (χ0v) is 9.48. The number of hydrogen-bond acceptors (Lipinski definition) is 0. The molecule has 0 heterocycles. The molecule has 0 radical (unpaired) electrons. The molecular formula is C14H14F2. The average Bonchev–Trinajstić information content (AvgIpc) is 2.26. The van der Waals surface area contributed by atoms with Gasteiger partial charge in [-0.15, -0.1) is 0 Å². The standard InChI is InChI=1S/C14H14F2/c1-3-4-10-5-6-11-9(2)7-13(15)14(16)12(11)8-10/h5-8H,3-4H2,1-2H3. The Balaban J connectivity index is 2.71. The van der Waals surface area contributed by atoms with Crippen LogP contribution in [0.1, 0.15) is 24.5 Å². The van der Waals surface area contributed by atoms with Crippen LogP contribution < -0.4 is 0 Å². The summed E-state index contributed by atoms with van der Waals surface area (Å²) in [5.41, 5.74) is 1.83. The Bertz CT molecular complexity index is 530. The van der Waals surface area contributed by atoms with Crippen molar-refractivity contribution in [3.05, 3.63) is 47.0 Å². The van der Waals surface area contributed by atoms with E-state index < -0.39 is 11.6 Å². The molecule has 2 rings (SSSR count). The highest BCUT2D eigenvalue weighted by Crippen LogP contribution is 2.25. The Morgan fingerprint density at radius 3 is 2.50 bits per heavy atom. The van der Waals surface area contributed by atoms with E-state index in [1.807, 2.05) is 12.1 Å². The summed E-state index contributed by atoms with van der Waals surface area (Å²) in [6.07, 6.45) is 1.90. The Labute approximate surface area is 93.9 Å². The molecule has 2 aromatic carbocycles. The van der Waals surface area contributed by atoms with Gasteiger partial charge in [0.2, 0.25) is 0 Å². The van der Waals surface area contributed by atoms with E-state index in [9.17, 15) is 8.78 Å². The average molecular weight is 220 g/mol. The highest BCUT2D eigenvalue weighted by molar-refractivity contribution is 5.86. The second-order valence-corrected chi connectivity index (χ2v) is 4.12. The summed E-state index contributed by atoms with van der Waals surface area (Å²) in [5.74, 6) is -1.50. The van der Waals surface area contributed by atoms with Crippen molar-refractivity contribution in [3.8, 4) is 0 Å². The minimum absolute atomic E-state index is 0.392. The maximum absolute atomic E-state index is 13.6. The van der Waals surface area contributed by atoms with Crippen LogP contribution in [-0.2, 0) is 6.42 Å². The van der Waals surface area contributed by atoms with Crippen molar-refractivity contribution in [2.24, 2.45) is 0 Å². The molecule has 0 nitrogen and oxygen atoms in total. The molecule has 0 aliphatic carbocycles. The molecular weight excluding hydrogens is 206 g/mol. The minimum atomic E-state index is -0.765. The van der Waals surface area contributed by atoms with Crippen LogP contribution in [0, 0.1) is 18.6 Å². The van der Waals surface area contributed by atoms with E-state index in [0.717, 1.165) is 29.4 Å². The van der Waals surface area contributed by atoms with Gasteiger partial charge < -0.3 is 0 Å². The second-order valence-electron chi connectivity index (χ2n) is 4.12. The van der Waals surface area contributed by atoms with Crippen LogP contribution in [0.3, 0.4) is 0 Å². The lowest BCUT2D eigenvalue weighted by Gasteiger charge is -2.07. The number of benzene rings is 2. The van der Waals surface area contributed by atoms with Gasteiger partial charge in [0.1, 0.15) is 0 Å². The molecule has 0 amide bonds. The molecule has 0 fully saturated rings. The topological polar surface area (TPSA) is 0 Å². The smallest absolute Gasteiger partial charge is 0.166 e. The highest BCUT2D eigenvalue weighted by Gasteiger charge is 2.10. The summed E-state index contributed by atoms with van der Waals surface area (Å²) in [7, 11) is 0. The monoisotopic (exact) mass is 220 g/mol. The first-order valence-corrected chi connectivity index (χ1v) is 5.50. The molecule has 0 bridgehead atoms. The van der Waals surface area contributed by atoms with Crippen molar-refractivity contribution >= 4 is 10.8 Å². The lowest BCUT2D eigenvalue weighted by Crippen LogP contribution is -1.92. The molecule has 16 heavy (non-hydrogen) atoms. The SMILES string of the molecule is CCCc1ccc2c(C)cc(F)c(F)c2c1. The Hall–Kier alpha value is -1.44. The third kappa shape index (κ3) is 1.80. The molecule has 0 aliphatic rings. The van der Waals surface area contributed by atoms with Crippen LogP contribution in [0.15, 0.2) is 24.3 Å². The summed E-state index contributed by atoms with van der Waals surface area (Å²) in [5, 5.41) is 1.18. The first-order valence-electron chi connectivity index (χ1n) is 5.50. The lowest BCUT2D eigenvalue weighted by molar-refractivity contribution is 0.516. The molecule has 0 unspecified atom stereocenters. The molecule has 0 N–H and O–H groups in total. The molecule has 0 aromatic heterocycles. The van der Waals surface area contributed by atoms with E-state index in [0.29, 0.717) is 5.39 Å². The van der Waals surface area contributed by atoms with Gasteiger partial charge in [0.15, 0.2) is 11.6 Å². The summed E-state index contributed by atoms with van der Waals surface area (Å²) in [6.45, 7) is 3.86. The van der Waals surface area contributed by atoms with Crippen molar-refractivity contribution in [1.82, 2.24) is 0 Å². The predicted molar refractivity (Wildman–Crippen MR) is 62.6 cm³/mol. The van der Waals surface area contributed by atoms with E-state index in [1.165, 1.54) is 6.07 Å². The van der Waals surface area contributed by atoms with Crippen molar-refractivity contribution in [3.63, 3.8) is 0 Å². The van der Waals surface area contributed by atoms with Crippen molar-refractivity contribution in [2.75, 3.05) is 0 Å². The first kappa shape index (κ1) is 11.1. The number of rotatable bonds is 2. The lowest BCUT2D eigenvalue weighted by atomic mass is 10.0. The molecule has 0 saturated carbocycles. The van der Waals surface area contributed by atoms with Crippen LogP contribution in [0.4, 0.5) is 8.78 Å². The van der Waals surface area contributed by atoms with Crippen LogP contribution in [-0.4, -0.2) is 0 Å². The molecule has 0 atom stereocenters. The number of fused-ring (bicyclic) bond motifs is 1. The van der Waals surface area contributed by atoms with Gasteiger partial charge in [-0.1, -0.05) is 25.5 Å². The van der Waals surface area contributed by atoms with Gasteiger partial charge in [-0.25, -0.2) is 8.78 Å². The van der Waals surface area contributed by atoms with Gasteiger partial charge in [-0.05, 0) is 42.0 Å². The van der Waals surface area contributed by atoms with Crippen molar-refractivity contribution < 1.29 is 8.78 Å². The maximum Gasteiger partial charge on any atom is 0.166 e. The molecule has 0 spiro atoms. The fourth-order valence-electron chi connectivity index (χ4n) is 2.02. The van der Waals surface area contributed by atoms with Gasteiger partial charge in [-0.3, -0.25) is 0 Å². The van der Waals surface area contributed by atoms with E-state index in [2.05, 4.69) is 6.92 Å². The zero-order chi connectivity index (χ0) is 11.7. The van der Waals surface area contributed by atoms with Crippen LogP contribution in [0.2, 0.25) is 0 Å². The van der Waals surface area contributed by atoms with Crippen LogP contribution in [0.25, 0.3) is 10.8 Å². The summed E-state index contributed by atoms with van der Waals surface area (Å²) >= 11 is 0. The van der Waals surface area contributed by atoms with Crippen LogP contribution in [0.5, 0.6) is 0 Å². The third-order valence-corrected chi connectivity index (χ3v) is 2.84. The van der Waals surface area contributed by atoms with E-state index in [1.54, 1.807) is 13.0 Å². The Morgan fingerprint density at radius 2 is 1.81 bits per heavy atom. The number of hydrogen-bond donors (Lipinski definition) is 0. The molecule has 84 valence electrons. The maximum atomic E-state index is 13.6. The highest BCUT2D eigenvalue weighted by atomic mass is 19.2. The van der Waals surface area contributed by atoms with Gasteiger partial charge in [0.25, 0.3) is 0 Å². The molecule has 2 aromatic rings. The predicted octanol–water partition coefficient (Wildman–Crippen LogP) is 4.38. The minimum Gasteiger partial charge on any atom is -0.204 e. The van der Waals surface area contributed by atoms with Gasteiger partial charge in [0.05, 0.1) is 0 Å². The van der Waals surface area contributed by atoms with E-state index >= 15 is 0 Å². The summed E-state index contributed by atoms with van der Waals surface area (Å²) in [6, 6.07) is 6.86. The molecule has 2 heteroatoms. The third-order valence-electron chi connectivity index (χ3n) is 2.84. The van der Waals surface area contributed by atoms with Gasteiger partial charge in [0, 0.05) is 5.39 Å². The van der Waals surface area contributed by atoms with Crippen molar-refractivity contribution in [1.29, 1.82) is 0 Å². The van der Waals surface area contributed by atoms with Crippen molar-refractivity contribution in [2.45, 2.75) is 26.7 Å². The largest absolute Gasteiger partial charge is 0.204 e. The first-order chi connectivity index (χ1) is 7.63. The molecule has 0 aliphatic heterocycles. The van der Waals surface area contributed by atoms with E-state index in [-0.39, 0.29) is 0 Å². The zero-order valence-electron chi connectivity index (χ0n) is 9.48. The Kier molecular flexibility index (Phi) is 2.90. The molecule has 0 saturated heterocycles. The number of halogens is 2. The van der Waals surface area contributed by atoms with Gasteiger partial charge in [-0.2, -0.15) is 0 Å². The second kappa shape index (κ2) is 4.20. The van der Waals surface area contributed by atoms with Gasteiger partial charge >= 0.3 is 0 Å². The number of aryl methyl sites for hydroxylation is 2. The van der Waals surface area contributed by atoms with E-state index in [4.69, 9.17) is 0 Å². The summed E-state index contributed by atoms with van der Waals surface area (Å²) < 4.78 is 26.9. The quantitative estimate of drug-likeness (QED) is 0.704. The normalized spacial score (nSPS) is 11.0. The fourth-order valence-corrected chi connectivity index (χ4v) is 2.02. The fraction of sp³-hybridized carbons (Fsp3) is 0.286. The summed E-state index contributed by atoms with van der Waals surface area (Å²) in [4.78, 5) is 0. The van der Waals surface area contributed by atoms with Crippen LogP contribution >= 0.6 is 0 Å².